The van der Waals surface area contributed by atoms with E-state index in [9.17, 15) is 0 Å². The van der Waals surface area contributed by atoms with Gasteiger partial charge >= 0.3 is 0 Å². The quantitative estimate of drug-likeness (QED) is 0.795. The molecule has 0 unspecified atom stereocenters. The van der Waals surface area contributed by atoms with Crippen LogP contribution in [0.3, 0.4) is 0 Å². The summed E-state index contributed by atoms with van der Waals surface area (Å²) < 4.78 is 7.30. The summed E-state index contributed by atoms with van der Waals surface area (Å²) in [6.07, 6.45) is 4.37. The number of aromatic amines is 1. The van der Waals surface area contributed by atoms with Crippen LogP contribution in [-0.2, 0) is 15.8 Å². The van der Waals surface area contributed by atoms with Gasteiger partial charge in [-0.15, -0.1) is 0 Å². The second-order valence-electron chi connectivity index (χ2n) is 6.24. The molecule has 1 N–H and O–H groups in total. The molecule has 0 saturated heterocycles. The van der Waals surface area contributed by atoms with E-state index in [1.807, 2.05) is 0 Å². The first-order valence-corrected chi connectivity index (χ1v) is 7.86. The fraction of sp³-hybridized carbons (Fsp3) is 0.714. The Balaban J connectivity index is 2.60. The van der Waals surface area contributed by atoms with E-state index in [2.05, 4.69) is 46.7 Å². The first-order chi connectivity index (χ1) is 8.80. The number of hydrogen-bond acceptors (Lipinski definition) is 3. The Morgan fingerprint density at radius 3 is 2.37 bits per heavy atom. The molecule has 1 aromatic rings. The van der Waals surface area contributed by atoms with Crippen molar-refractivity contribution < 1.29 is 4.74 Å². The standard InChI is InChI=1S/C14H21BrN2OS/c1-13(2,3)10-9(15)11(19)17-12(16-10)14(18-4)7-5-6-8-14/h5-8H2,1-4H3,(H,16,17,19). The predicted octanol–water partition coefficient (Wildman–Crippen LogP) is 4.61. The summed E-state index contributed by atoms with van der Waals surface area (Å²) in [5.41, 5.74) is 0.789. The molecule has 0 atom stereocenters. The summed E-state index contributed by atoms with van der Waals surface area (Å²) in [6, 6.07) is 0. The zero-order valence-corrected chi connectivity index (χ0v) is 14.4. The highest BCUT2D eigenvalue weighted by molar-refractivity contribution is 9.10. The van der Waals surface area contributed by atoms with Crippen molar-refractivity contribution in [3.8, 4) is 0 Å². The van der Waals surface area contributed by atoms with Crippen LogP contribution in [0.15, 0.2) is 4.47 Å². The Bertz CT molecular complexity index is 527. The van der Waals surface area contributed by atoms with Crippen LogP contribution < -0.4 is 0 Å². The second kappa shape index (κ2) is 5.26. The number of nitrogens with zero attached hydrogens (tertiary/aromatic N) is 1. The van der Waals surface area contributed by atoms with Gasteiger partial charge in [0.25, 0.3) is 0 Å². The fourth-order valence-corrected chi connectivity index (χ4v) is 3.65. The first-order valence-electron chi connectivity index (χ1n) is 6.66. The van der Waals surface area contributed by atoms with Gasteiger partial charge in [-0.25, -0.2) is 4.98 Å². The third-order valence-corrected chi connectivity index (χ3v) is 5.18. The molecular formula is C14H21BrN2OS. The number of methoxy groups -OCH3 is 1. The van der Waals surface area contributed by atoms with Crippen LogP contribution in [0.5, 0.6) is 0 Å². The van der Waals surface area contributed by atoms with Gasteiger partial charge in [-0.1, -0.05) is 33.0 Å². The summed E-state index contributed by atoms with van der Waals surface area (Å²) >= 11 is 8.96. The van der Waals surface area contributed by atoms with Crippen LogP contribution in [0.1, 0.15) is 58.0 Å². The minimum Gasteiger partial charge on any atom is -0.370 e. The minimum atomic E-state index is -0.283. The first kappa shape index (κ1) is 15.1. The summed E-state index contributed by atoms with van der Waals surface area (Å²) in [5, 5.41) is 0. The van der Waals surface area contributed by atoms with Gasteiger partial charge in [0.05, 0.1) is 4.47 Å². The number of rotatable bonds is 2. The van der Waals surface area contributed by atoms with Gasteiger partial charge in [0.1, 0.15) is 16.1 Å². The average molecular weight is 345 g/mol. The van der Waals surface area contributed by atoms with Gasteiger partial charge in [0.15, 0.2) is 0 Å². The van der Waals surface area contributed by atoms with Crippen LogP contribution in [0.2, 0.25) is 0 Å². The van der Waals surface area contributed by atoms with Crippen molar-refractivity contribution in [1.29, 1.82) is 0 Å². The number of halogens is 1. The maximum absolute atomic E-state index is 5.79. The van der Waals surface area contributed by atoms with Crippen molar-refractivity contribution in [3.05, 3.63) is 20.6 Å². The number of hydrogen-bond donors (Lipinski definition) is 1. The summed E-state index contributed by atoms with van der Waals surface area (Å²) in [4.78, 5) is 8.04. The van der Waals surface area contributed by atoms with E-state index in [1.54, 1.807) is 7.11 Å². The van der Waals surface area contributed by atoms with Crippen molar-refractivity contribution in [2.24, 2.45) is 0 Å². The topological polar surface area (TPSA) is 37.9 Å². The Hall–Kier alpha value is -0.260. The molecule has 1 aliphatic rings. The van der Waals surface area contributed by atoms with Gasteiger partial charge in [-0.05, 0) is 41.6 Å². The molecule has 106 valence electrons. The zero-order valence-electron chi connectivity index (χ0n) is 12.0. The lowest BCUT2D eigenvalue weighted by molar-refractivity contribution is -0.0167. The molecule has 19 heavy (non-hydrogen) atoms. The molecule has 0 aliphatic heterocycles. The lowest BCUT2D eigenvalue weighted by atomic mass is 9.91. The smallest absolute Gasteiger partial charge is 0.144 e. The highest BCUT2D eigenvalue weighted by Gasteiger charge is 2.39. The molecule has 3 nitrogen and oxygen atoms in total. The Kier molecular flexibility index (Phi) is 4.19. The normalized spacial score (nSPS) is 18.8. The van der Waals surface area contributed by atoms with Crippen molar-refractivity contribution in [2.45, 2.75) is 57.5 Å². The van der Waals surface area contributed by atoms with Crippen molar-refractivity contribution in [2.75, 3.05) is 7.11 Å². The van der Waals surface area contributed by atoms with Crippen LogP contribution in [0.25, 0.3) is 0 Å². The van der Waals surface area contributed by atoms with Gasteiger partial charge in [0, 0.05) is 18.2 Å². The van der Waals surface area contributed by atoms with Crippen LogP contribution in [0.4, 0.5) is 0 Å². The number of aromatic nitrogens is 2. The van der Waals surface area contributed by atoms with Gasteiger partial charge in [0.2, 0.25) is 0 Å². The van der Waals surface area contributed by atoms with Gasteiger partial charge in [-0.2, -0.15) is 0 Å². The van der Waals surface area contributed by atoms with E-state index in [0.29, 0.717) is 4.64 Å². The minimum absolute atomic E-state index is 0.0163. The molecule has 1 fully saturated rings. The second-order valence-corrected chi connectivity index (χ2v) is 7.41. The van der Waals surface area contributed by atoms with Crippen LogP contribution in [0, 0.1) is 4.64 Å². The molecule has 1 aromatic heterocycles. The van der Waals surface area contributed by atoms with E-state index in [1.165, 1.54) is 12.8 Å². The molecule has 1 heterocycles. The van der Waals surface area contributed by atoms with E-state index >= 15 is 0 Å². The predicted molar refractivity (Wildman–Crippen MR) is 83.0 cm³/mol. The van der Waals surface area contributed by atoms with E-state index in [-0.39, 0.29) is 11.0 Å². The SMILES string of the molecule is COC1(c2nc(=S)c(Br)c(C(C)(C)C)[nH]2)CCCC1. The summed E-state index contributed by atoms with van der Waals surface area (Å²) in [5.74, 6) is 0.880. The lowest BCUT2D eigenvalue weighted by Crippen LogP contribution is -2.29. The number of H-pyrrole nitrogens is 1. The maximum Gasteiger partial charge on any atom is 0.144 e. The molecule has 0 radical (unpaired) electrons. The van der Waals surface area contributed by atoms with Crippen molar-refractivity contribution in [1.82, 2.24) is 9.97 Å². The molecule has 2 rings (SSSR count). The largest absolute Gasteiger partial charge is 0.370 e. The monoisotopic (exact) mass is 344 g/mol. The highest BCUT2D eigenvalue weighted by atomic mass is 79.9. The molecule has 0 spiro atoms. The molecule has 5 heteroatoms. The summed E-state index contributed by atoms with van der Waals surface area (Å²) in [7, 11) is 1.77. The zero-order chi connectivity index (χ0) is 14.3. The Labute approximate surface area is 128 Å². The molecule has 1 aliphatic carbocycles. The molecule has 1 saturated carbocycles. The Morgan fingerprint density at radius 1 is 1.32 bits per heavy atom. The van der Waals surface area contributed by atoms with E-state index in [0.717, 1.165) is 28.8 Å². The third-order valence-electron chi connectivity index (χ3n) is 3.85. The third kappa shape index (κ3) is 2.78. The van der Waals surface area contributed by atoms with Crippen molar-refractivity contribution in [3.63, 3.8) is 0 Å². The van der Waals surface area contributed by atoms with E-state index in [4.69, 9.17) is 17.0 Å². The van der Waals surface area contributed by atoms with Crippen molar-refractivity contribution >= 4 is 28.1 Å². The lowest BCUT2D eigenvalue weighted by Gasteiger charge is -2.29. The summed E-state index contributed by atoms with van der Waals surface area (Å²) in [6.45, 7) is 6.49. The molecule has 0 aromatic carbocycles. The molecular weight excluding hydrogens is 324 g/mol. The van der Waals surface area contributed by atoms with Gasteiger partial charge in [-0.3, -0.25) is 0 Å². The van der Waals surface area contributed by atoms with Gasteiger partial charge < -0.3 is 9.72 Å². The molecule has 0 bridgehead atoms. The maximum atomic E-state index is 5.79. The highest BCUT2D eigenvalue weighted by Crippen LogP contribution is 2.41. The van der Waals surface area contributed by atoms with Crippen LogP contribution in [-0.4, -0.2) is 17.1 Å². The van der Waals surface area contributed by atoms with E-state index < -0.39 is 0 Å². The molecule has 0 amide bonds. The number of ether oxygens (including phenoxy) is 1. The fourth-order valence-electron chi connectivity index (χ4n) is 2.68. The average Bonchev–Trinajstić information content (AvgIpc) is 2.80. The Morgan fingerprint density at radius 2 is 1.89 bits per heavy atom. The van der Waals surface area contributed by atoms with Crippen LogP contribution >= 0.6 is 28.1 Å². The number of nitrogens with one attached hydrogen (secondary N) is 1.